The maximum atomic E-state index is 14.2. The molecule has 1 N–H and O–H groups in total. The Morgan fingerprint density at radius 1 is 1.18 bits per heavy atom. The Bertz CT molecular complexity index is 1920. The van der Waals surface area contributed by atoms with Crippen LogP contribution >= 0.6 is 0 Å². The summed E-state index contributed by atoms with van der Waals surface area (Å²) < 4.78 is 27.1. The fourth-order valence-electron chi connectivity index (χ4n) is 5.39. The van der Waals surface area contributed by atoms with E-state index >= 15 is 0 Å². The van der Waals surface area contributed by atoms with Crippen LogP contribution in [0.3, 0.4) is 0 Å². The number of hydrogen-bond acceptors (Lipinski definition) is 6. The third-order valence-electron chi connectivity index (χ3n) is 7.43. The van der Waals surface area contributed by atoms with Crippen LogP contribution in [0.2, 0.25) is 0 Å². The van der Waals surface area contributed by atoms with Gasteiger partial charge in [-0.05, 0) is 66.3 Å². The summed E-state index contributed by atoms with van der Waals surface area (Å²) in [5.74, 6) is 0.122. The summed E-state index contributed by atoms with van der Waals surface area (Å²) in [6, 6.07) is 16.5. The van der Waals surface area contributed by atoms with Gasteiger partial charge < -0.3 is 9.14 Å². The zero-order chi connectivity index (χ0) is 26.7. The van der Waals surface area contributed by atoms with Crippen LogP contribution in [-0.2, 0) is 13.0 Å². The number of benzene rings is 2. The number of aromatic nitrogens is 4. The quantitative estimate of drug-likeness (QED) is 0.342. The van der Waals surface area contributed by atoms with Crippen LogP contribution in [-0.4, -0.2) is 19.5 Å². The minimum atomic E-state index is -0.647. The number of allylic oxidation sites excluding steroid dienone is 1. The predicted octanol–water partition coefficient (Wildman–Crippen LogP) is 5.36. The molecule has 192 valence electrons. The molecule has 0 atom stereocenters. The van der Waals surface area contributed by atoms with Gasteiger partial charge in [0.1, 0.15) is 23.8 Å². The van der Waals surface area contributed by atoms with E-state index in [0.717, 1.165) is 52.1 Å². The number of nitrogens with zero attached hydrogens (tertiary/aromatic N) is 4. The third kappa shape index (κ3) is 4.01. The number of aromatic amines is 1. The van der Waals surface area contributed by atoms with Gasteiger partial charge in [0.15, 0.2) is 5.82 Å². The molecule has 1 saturated carbocycles. The van der Waals surface area contributed by atoms with Crippen molar-refractivity contribution in [2.75, 3.05) is 0 Å². The largest absolute Gasteiger partial charge is 0.488 e. The zero-order valence-electron chi connectivity index (χ0n) is 21.0. The van der Waals surface area contributed by atoms with E-state index in [1.165, 1.54) is 12.1 Å². The summed E-state index contributed by atoms with van der Waals surface area (Å²) in [5, 5.41) is 13.2. The summed E-state index contributed by atoms with van der Waals surface area (Å²) in [6.07, 6.45) is 4.81. The molecule has 0 amide bonds. The second-order valence-electron chi connectivity index (χ2n) is 10.0. The molecule has 0 saturated heterocycles. The molecule has 1 aliphatic carbocycles. The molecule has 4 heterocycles. The highest BCUT2D eigenvalue weighted by atomic mass is 19.1. The van der Waals surface area contributed by atoms with Gasteiger partial charge in [-0.3, -0.25) is 9.51 Å². The van der Waals surface area contributed by atoms with Crippen molar-refractivity contribution in [1.29, 1.82) is 5.26 Å². The molecule has 2 aliphatic rings. The van der Waals surface area contributed by atoms with Crippen molar-refractivity contribution in [1.82, 2.24) is 19.5 Å². The van der Waals surface area contributed by atoms with E-state index in [-0.39, 0.29) is 6.61 Å². The van der Waals surface area contributed by atoms with Gasteiger partial charge in [-0.15, -0.1) is 0 Å². The Hall–Kier alpha value is -4.97. The van der Waals surface area contributed by atoms with Crippen LogP contribution in [0, 0.1) is 17.1 Å². The lowest BCUT2D eigenvalue weighted by atomic mass is 9.89. The number of nitriles is 1. The molecule has 0 radical (unpaired) electrons. The van der Waals surface area contributed by atoms with E-state index in [2.05, 4.69) is 32.7 Å². The fraction of sp³-hybridized carbons (Fsp3) is 0.200. The van der Waals surface area contributed by atoms with Crippen molar-refractivity contribution in [3.05, 3.63) is 116 Å². The number of rotatable bonds is 4. The van der Waals surface area contributed by atoms with E-state index in [9.17, 15) is 14.4 Å². The summed E-state index contributed by atoms with van der Waals surface area (Å²) >= 11 is 0. The zero-order valence-corrected chi connectivity index (χ0v) is 21.0. The molecule has 39 heavy (non-hydrogen) atoms. The van der Waals surface area contributed by atoms with Crippen LogP contribution in [0.4, 0.5) is 4.39 Å². The molecule has 0 unspecified atom stereocenters. The van der Waals surface area contributed by atoms with E-state index in [1.54, 1.807) is 6.07 Å². The van der Waals surface area contributed by atoms with Crippen LogP contribution in [0.15, 0.2) is 64.0 Å². The number of fused-ring (bicyclic) bond motifs is 3. The third-order valence-corrected chi connectivity index (χ3v) is 7.43. The summed E-state index contributed by atoms with van der Waals surface area (Å²) in [4.78, 5) is 19.2. The van der Waals surface area contributed by atoms with Gasteiger partial charge in [-0.1, -0.05) is 23.4 Å². The number of imidazole rings is 1. The van der Waals surface area contributed by atoms with Crippen LogP contribution in [0.1, 0.15) is 70.7 Å². The molecule has 7 rings (SSSR count). The second-order valence-corrected chi connectivity index (χ2v) is 10.0. The monoisotopic (exact) mass is 519 g/mol. The first-order valence-electron chi connectivity index (χ1n) is 12.7. The highest BCUT2D eigenvalue weighted by Gasteiger charge is 2.30. The Morgan fingerprint density at radius 3 is 2.79 bits per heavy atom. The smallest absolute Gasteiger partial charge is 0.439 e. The van der Waals surface area contributed by atoms with Crippen molar-refractivity contribution in [3.63, 3.8) is 0 Å². The minimum absolute atomic E-state index is 0.250. The van der Waals surface area contributed by atoms with E-state index < -0.39 is 11.6 Å². The topological polar surface area (TPSA) is 109 Å². The molecule has 2 aromatic carbocycles. The average Bonchev–Trinajstić information content (AvgIpc) is 3.63. The molecule has 5 aromatic rings. The minimum Gasteiger partial charge on any atom is -0.488 e. The second kappa shape index (κ2) is 8.81. The lowest BCUT2D eigenvalue weighted by Gasteiger charge is -2.14. The SMILES string of the molecule is CC(=C1c2ccc(Cc3c(C4CC4)nc4cc(C#N)ccn34)cc2COc2cc(F)ccc21)c1noc(=O)[nH]1. The Morgan fingerprint density at radius 2 is 2.03 bits per heavy atom. The van der Waals surface area contributed by atoms with Crippen molar-refractivity contribution in [2.24, 2.45) is 0 Å². The number of halogens is 1. The van der Waals surface area contributed by atoms with Crippen molar-refractivity contribution in [2.45, 2.75) is 38.7 Å². The van der Waals surface area contributed by atoms with Crippen molar-refractivity contribution in [3.8, 4) is 11.8 Å². The van der Waals surface area contributed by atoms with Gasteiger partial charge in [-0.2, -0.15) is 5.26 Å². The fourth-order valence-corrected chi connectivity index (χ4v) is 5.39. The summed E-state index contributed by atoms with van der Waals surface area (Å²) in [6.45, 7) is 2.09. The Balaban J connectivity index is 1.35. The molecule has 8 nitrogen and oxygen atoms in total. The molecule has 3 aromatic heterocycles. The van der Waals surface area contributed by atoms with E-state index in [0.29, 0.717) is 40.6 Å². The van der Waals surface area contributed by atoms with Gasteiger partial charge in [0, 0.05) is 35.7 Å². The first kappa shape index (κ1) is 23.2. The number of hydrogen-bond donors (Lipinski definition) is 1. The van der Waals surface area contributed by atoms with E-state index in [4.69, 9.17) is 14.2 Å². The number of H-pyrrole nitrogens is 1. The summed E-state index contributed by atoms with van der Waals surface area (Å²) in [7, 11) is 0. The summed E-state index contributed by atoms with van der Waals surface area (Å²) in [5.41, 5.74) is 8.65. The first-order chi connectivity index (χ1) is 19.0. The molecular weight excluding hydrogens is 497 g/mol. The highest BCUT2D eigenvalue weighted by molar-refractivity contribution is 5.99. The highest BCUT2D eigenvalue weighted by Crippen LogP contribution is 2.43. The number of pyridine rings is 1. The lowest BCUT2D eigenvalue weighted by Crippen LogP contribution is -2.02. The van der Waals surface area contributed by atoms with Gasteiger partial charge in [0.2, 0.25) is 0 Å². The normalized spacial score (nSPS) is 15.7. The standard InChI is InChI=1S/C30H22FN5O3/c1-16(29-34-30(37)39-35-29)27-22-6-2-17(10-20(22)15-38-25-13-21(31)5-7-23(25)27)11-24-28(19-3-4-19)33-26-12-18(14-32)8-9-36(24)26/h2,5-10,12-13,19H,3-4,11,15H2,1H3,(H,34,35,37). The molecular formula is C30H22FN5O3. The molecule has 1 fully saturated rings. The van der Waals surface area contributed by atoms with Gasteiger partial charge in [-0.25, -0.2) is 14.2 Å². The van der Waals surface area contributed by atoms with Gasteiger partial charge >= 0.3 is 5.76 Å². The Labute approximate surface area is 222 Å². The van der Waals surface area contributed by atoms with Crippen LogP contribution < -0.4 is 10.5 Å². The Kier molecular flexibility index (Phi) is 5.23. The molecule has 1 aliphatic heterocycles. The van der Waals surface area contributed by atoms with Crippen LogP contribution in [0.25, 0.3) is 16.8 Å². The number of ether oxygens (including phenoxy) is 1. The maximum absolute atomic E-state index is 14.2. The van der Waals surface area contributed by atoms with E-state index in [1.807, 2.05) is 31.3 Å². The molecule has 9 heteroatoms. The average molecular weight is 520 g/mol. The predicted molar refractivity (Wildman–Crippen MR) is 141 cm³/mol. The first-order valence-corrected chi connectivity index (χ1v) is 12.7. The molecule has 0 spiro atoms. The maximum Gasteiger partial charge on any atom is 0.439 e. The van der Waals surface area contributed by atoms with Crippen molar-refractivity contribution >= 4 is 16.8 Å². The van der Waals surface area contributed by atoms with Gasteiger partial charge in [0.05, 0.1) is 23.0 Å². The lowest BCUT2D eigenvalue weighted by molar-refractivity contribution is 0.305. The van der Waals surface area contributed by atoms with Crippen LogP contribution in [0.5, 0.6) is 5.75 Å². The van der Waals surface area contributed by atoms with Crippen molar-refractivity contribution < 1.29 is 13.7 Å². The van der Waals surface area contributed by atoms with Gasteiger partial charge in [0.25, 0.3) is 0 Å². The molecule has 0 bridgehead atoms. The number of nitrogens with one attached hydrogen (secondary N) is 1.